The number of likely N-dealkylation sites (tertiary alicyclic amines) is 1. The highest BCUT2D eigenvalue weighted by Crippen LogP contribution is 2.20. The monoisotopic (exact) mass is 1000 g/mol. The van der Waals surface area contributed by atoms with Crippen molar-refractivity contribution in [2.24, 2.45) is 39.9 Å². The molecule has 388 valence electrons. The Balaban J connectivity index is 3.30. The van der Waals surface area contributed by atoms with Gasteiger partial charge in [0.2, 0.25) is 47.3 Å². The van der Waals surface area contributed by atoms with Crippen LogP contribution in [0.4, 0.5) is 0 Å². The highest BCUT2D eigenvalue weighted by atomic mass is 32.2. The first-order valence-corrected chi connectivity index (χ1v) is 25.0. The van der Waals surface area contributed by atoms with Gasteiger partial charge in [0.15, 0.2) is 5.96 Å². The predicted molar refractivity (Wildman–Crippen MR) is 262 cm³/mol. The molecule has 1 aliphatic rings. The van der Waals surface area contributed by atoms with Crippen LogP contribution in [0.3, 0.4) is 0 Å². The van der Waals surface area contributed by atoms with Crippen LogP contribution in [0.1, 0.15) is 100 Å². The van der Waals surface area contributed by atoms with Gasteiger partial charge in [-0.3, -0.25) is 43.3 Å². The van der Waals surface area contributed by atoms with Gasteiger partial charge in [0.25, 0.3) is 0 Å². The summed E-state index contributed by atoms with van der Waals surface area (Å²) in [5.41, 5.74) is 16.9. The van der Waals surface area contributed by atoms with Crippen LogP contribution in [0.15, 0.2) is 4.99 Å². The van der Waals surface area contributed by atoms with Crippen LogP contribution in [0, 0.1) is 17.8 Å². The summed E-state index contributed by atoms with van der Waals surface area (Å²) >= 11 is 5.64. The zero-order valence-electron chi connectivity index (χ0n) is 40.8. The van der Waals surface area contributed by atoms with Crippen LogP contribution in [-0.4, -0.2) is 166 Å². The van der Waals surface area contributed by atoms with Crippen LogP contribution in [0.2, 0.25) is 0 Å². The number of carbonyl (C=O) groups excluding carboxylic acids is 8. The molecule has 0 spiro atoms. The third-order valence-electron chi connectivity index (χ3n) is 11.0. The first-order valence-electron chi connectivity index (χ1n) is 23.0. The fourth-order valence-corrected chi connectivity index (χ4v) is 7.83. The van der Waals surface area contributed by atoms with Crippen molar-refractivity contribution < 1.29 is 53.4 Å². The lowest BCUT2D eigenvalue weighted by Crippen LogP contribution is -2.62. The van der Waals surface area contributed by atoms with Gasteiger partial charge in [-0.15, -0.1) is 0 Å². The van der Waals surface area contributed by atoms with E-state index in [9.17, 15) is 53.4 Å². The van der Waals surface area contributed by atoms with Crippen molar-refractivity contribution in [3.63, 3.8) is 0 Å². The summed E-state index contributed by atoms with van der Waals surface area (Å²) < 4.78 is 0. The molecular weight excluding hydrogens is 925 g/mol. The van der Waals surface area contributed by atoms with Crippen molar-refractivity contribution in [3.05, 3.63) is 0 Å². The number of amides is 8. The summed E-state index contributed by atoms with van der Waals surface area (Å²) in [6.07, 6.45) is 1.49. The second kappa shape index (κ2) is 30.6. The Morgan fingerprint density at radius 1 is 0.706 bits per heavy atom. The van der Waals surface area contributed by atoms with Gasteiger partial charge < -0.3 is 69.5 Å². The minimum Gasteiger partial charge on any atom is -0.480 e. The number of nitrogens with two attached hydrogens (primary N) is 3. The Morgan fingerprint density at radius 2 is 1.22 bits per heavy atom. The van der Waals surface area contributed by atoms with Crippen molar-refractivity contribution in [3.8, 4) is 0 Å². The molecule has 0 aliphatic carbocycles. The van der Waals surface area contributed by atoms with E-state index >= 15 is 0 Å². The van der Waals surface area contributed by atoms with Crippen LogP contribution in [0.5, 0.6) is 0 Å². The molecule has 15 N–H and O–H groups in total. The smallest absolute Gasteiger partial charge is 0.326 e. The van der Waals surface area contributed by atoms with Gasteiger partial charge >= 0.3 is 5.97 Å². The topological polar surface area (TPSA) is 372 Å². The summed E-state index contributed by atoms with van der Waals surface area (Å²) in [6.45, 7) is 13.6. The fraction of sp³-hybridized carbons (Fsp3) is 0.767. The molecular formula is C43H78N12O11S2. The molecule has 1 aliphatic heterocycles. The zero-order chi connectivity index (χ0) is 52.0. The van der Waals surface area contributed by atoms with Gasteiger partial charge in [0.05, 0.1) is 12.1 Å². The van der Waals surface area contributed by atoms with E-state index in [0.29, 0.717) is 12.2 Å². The van der Waals surface area contributed by atoms with Crippen molar-refractivity contribution in [2.45, 2.75) is 161 Å². The van der Waals surface area contributed by atoms with Crippen LogP contribution in [-0.2, 0) is 43.2 Å². The Labute approximate surface area is 409 Å². The average molecular weight is 1000 g/mol. The van der Waals surface area contributed by atoms with Gasteiger partial charge in [-0.25, -0.2) is 4.79 Å². The SMILES string of the molecule is CSCC[C@H](NC(=O)[C@@H](N)C(C)C)C(=O)N[C@@H](C)C(=O)N1CCC[C@H]1C(=O)N[C@H](CCCN=C(N)N)C(=O)N[C@H](C(=O)N[C@@H](CC(C)C)C(=O)N[C@@H](CS)C(=O)N[C@@H](CC(C)C)C(=O)O)[C@@H](C)O. The van der Waals surface area contributed by atoms with Gasteiger partial charge in [0, 0.05) is 18.8 Å². The fourth-order valence-electron chi connectivity index (χ4n) is 7.10. The van der Waals surface area contributed by atoms with Gasteiger partial charge in [0.1, 0.15) is 48.3 Å². The third kappa shape index (κ3) is 21.2. The van der Waals surface area contributed by atoms with E-state index < -0.39 is 114 Å². The van der Waals surface area contributed by atoms with E-state index in [1.165, 1.54) is 30.5 Å². The number of guanidine groups is 1. The third-order valence-corrected chi connectivity index (χ3v) is 12.0. The molecule has 0 saturated carbocycles. The number of thioether (sulfide) groups is 1. The number of rotatable bonds is 30. The largest absolute Gasteiger partial charge is 0.480 e. The molecule has 0 bridgehead atoms. The molecule has 10 atom stereocenters. The Kier molecular flexibility index (Phi) is 27.5. The first-order chi connectivity index (χ1) is 31.7. The quantitative estimate of drug-likeness (QED) is 0.0155. The van der Waals surface area contributed by atoms with Crippen molar-refractivity contribution in [1.29, 1.82) is 0 Å². The molecule has 0 unspecified atom stereocenters. The number of aliphatic carboxylic acids is 1. The van der Waals surface area contributed by atoms with E-state index in [1.54, 1.807) is 41.5 Å². The minimum absolute atomic E-state index is 0.0502. The van der Waals surface area contributed by atoms with E-state index in [0.717, 1.165) is 0 Å². The predicted octanol–water partition coefficient (Wildman–Crippen LogP) is -2.33. The minimum atomic E-state index is -1.67. The lowest BCUT2D eigenvalue weighted by atomic mass is 10.0. The zero-order valence-corrected chi connectivity index (χ0v) is 42.5. The number of hydrogen-bond acceptors (Lipinski definition) is 14. The second-order valence-corrected chi connectivity index (χ2v) is 19.6. The van der Waals surface area contributed by atoms with Crippen molar-refractivity contribution >= 4 is 83.6 Å². The standard InChI is InChI=1S/C43H78N12O11S2/c1-21(2)18-28(36(59)53-30(20-67)37(60)52-29(42(65)66)19-22(3)4)51-40(63)33(25(8)56)54-35(58)26(12-10-15-47-43(45)46)49-38(61)31-13-11-16-55(31)41(64)24(7)48-34(57)27(14-17-68-9)50-39(62)32(44)23(5)6/h21-33,56,67H,10-20,44H2,1-9H3,(H,48,57)(H,49,61)(H,50,62)(H,51,63)(H,52,60)(H,53,59)(H,54,58)(H,65,66)(H4,45,46,47)/t24-,25+,26+,27-,28-,29-,30-,31-,32-,33-/m0/s1. The van der Waals surface area contributed by atoms with E-state index in [1.807, 2.05) is 6.26 Å². The lowest BCUT2D eigenvalue weighted by Gasteiger charge is -2.30. The Morgan fingerprint density at radius 3 is 1.75 bits per heavy atom. The molecule has 8 amide bonds. The van der Waals surface area contributed by atoms with E-state index in [2.05, 4.69) is 54.8 Å². The summed E-state index contributed by atoms with van der Waals surface area (Å²) in [7, 11) is 0. The highest BCUT2D eigenvalue weighted by Gasteiger charge is 2.40. The molecule has 0 radical (unpaired) electrons. The van der Waals surface area contributed by atoms with Gasteiger partial charge in [-0.1, -0.05) is 41.5 Å². The van der Waals surface area contributed by atoms with E-state index in [-0.39, 0.29) is 81.1 Å². The molecule has 0 aromatic carbocycles. The molecule has 25 heteroatoms. The lowest BCUT2D eigenvalue weighted by molar-refractivity contribution is -0.142. The number of aliphatic imine (C=N–C) groups is 1. The molecule has 23 nitrogen and oxygen atoms in total. The number of carboxylic acid groups (broad SMARTS) is 1. The number of nitrogens with zero attached hydrogens (tertiary/aromatic N) is 2. The summed E-state index contributed by atoms with van der Waals surface area (Å²) in [5, 5.41) is 38.3. The molecule has 1 rings (SSSR count). The van der Waals surface area contributed by atoms with Crippen molar-refractivity contribution in [2.75, 3.05) is 30.9 Å². The number of aliphatic hydroxyl groups excluding tert-OH is 1. The van der Waals surface area contributed by atoms with Gasteiger partial charge in [-0.05, 0) is 88.6 Å². The number of aliphatic hydroxyl groups is 1. The average Bonchev–Trinajstić information content (AvgIpc) is 3.75. The molecule has 1 heterocycles. The second-order valence-electron chi connectivity index (χ2n) is 18.2. The number of carboxylic acids is 1. The Bertz CT molecular complexity index is 1750. The summed E-state index contributed by atoms with van der Waals surface area (Å²) in [6, 6.07) is -10.8. The normalized spacial score (nSPS) is 17.6. The Hall–Kier alpha value is -4.88. The molecule has 1 fully saturated rings. The molecule has 0 aromatic heterocycles. The number of thiol groups is 1. The van der Waals surface area contributed by atoms with Crippen LogP contribution >= 0.6 is 24.4 Å². The number of hydrogen-bond donors (Lipinski definition) is 13. The van der Waals surface area contributed by atoms with Crippen LogP contribution in [0.25, 0.3) is 0 Å². The molecule has 68 heavy (non-hydrogen) atoms. The highest BCUT2D eigenvalue weighted by molar-refractivity contribution is 7.98. The molecule has 0 aromatic rings. The summed E-state index contributed by atoms with van der Waals surface area (Å²) in [4.78, 5) is 125. The summed E-state index contributed by atoms with van der Waals surface area (Å²) in [5.74, 6) is -7.49. The van der Waals surface area contributed by atoms with E-state index in [4.69, 9.17) is 17.2 Å². The maximum Gasteiger partial charge on any atom is 0.326 e. The molecule has 1 saturated heterocycles. The van der Waals surface area contributed by atoms with Gasteiger partial charge in [-0.2, -0.15) is 24.4 Å². The van der Waals surface area contributed by atoms with Crippen LogP contribution < -0.4 is 54.4 Å². The maximum atomic E-state index is 14.0. The number of nitrogens with one attached hydrogen (secondary N) is 7. The van der Waals surface area contributed by atoms with Crippen molar-refractivity contribution in [1.82, 2.24) is 42.1 Å². The first kappa shape index (κ1) is 61.1. The maximum absolute atomic E-state index is 14.0. The number of carbonyl (C=O) groups is 9.